The predicted octanol–water partition coefficient (Wildman–Crippen LogP) is 5.16. The van der Waals surface area contributed by atoms with Crippen molar-refractivity contribution in [3.05, 3.63) is 59.1 Å². The Bertz CT molecular complexity index is 690. The molecule has 128 valence electrons. The summed E-state index contributed by atoms with van der Waals surface area (Å²) in [5.74, 6) is 0.270. The molecule has 0 bridgehead atoms. The van der Waals surface area contributed by atoms with Crippen LogP contribution in [0.4, 0.5) is 18.9 Å². The lowest BCUT2D eigenvalue weighted by molar-refractivity contribution is -0.137. The topological polar surface area (TPSA) is 38.3 Å². The SMILES string of the molecule is O=C(CCCOc1ccccc1)Nc1cc(C(F)(F)F)ccc1Cl. The first-order valence-electron chi connectivity index (χ1n) is 7.21. The summed E-state index contributed by atoms with van der Waals surface area (Å²) in [6, 6.07) is 11.9. The van der Waals surface area contributed by atoms with Gasteiger partial charge in [-0.05, 0) is 36.8 Å². The standard InChI is InChI=1S/C17H15ClF3NO2/c18-14-9-8-12(17(19,20)21)11-15(14)22-16(23)7-4-10-24-13-5-2-1-3-6-13/h1-3,5-6,8-9,11H,4,7,10H2,(H,22,23). The highest BCUT2D eigenvalue weighted by Gasteiger charge is 2.31. The number of hydrogen-bond acceptors (Lipinski definition) is 2. The van der Waals surface area contributed by atoms with Gasteiger partial charge in [0.15, 0.2) is 0 Å². The molecule has 2 aromatic carbocycles. The number of hydrogen-bond donors (Lipinski definition) is 1. The van der Waals surface area contributed by atoms with E-state index in [1.54, 1.807) is 12.1 Å². The van der Waals surface area contributed by atoms with E-state index in [0.29, 0.717) is 18.8 Å². The highest BCUT2D eigenvalue weighted by molar-refractivity contribution is 6.33. The van der Waals surface area contributed by atoms with Gasteiger partial charge in [0, 0.05) is 6.42 Å². The molecular formula is C17H15ClF3NO2. The lowest BCUT2D eigenvalue weighted by atomic mass is 10.2. The van der Waals surface area contributed by atoms with Crippen molar-refractivity contribution < 1.29 is 22.7 Å². The van der Waals surface area contributed by atoms with Gasteiger partial charge in [-0.1, -0.05) is 29.8 Å². The average Bonchev–Trinajstić information content (AvgIpc) is 2.53. The predicted molar refractivity (Wildman–Crippen MR) is 86.3 cm³/mol. The van der Waals surface area contributed by atoms with Crippen LogP contribution in [0.25, 0.3) is 0 Å². The molecule has 0 aliphatic carbocycles. The van der Waals surface area contributed by atoms with Gasteiger partial charge in [0.1, 0.15) is 5.75 Å². The number of ether oxygens (including phenoxy) is 1. The van der Waals surface area contributed by atoms with Gasteiger partial charge in [-0.15, -0.1) is 0 Å². The molecule has 0 unspecified atom stereocenters. The highest BCUT2D eigenvalue weighted by atomic mass is 35.5. The van der Waals surface area contributed by atoms with Crippen LogP contribution in [0.5, 0.6) is 5.75 Å². The molecule has 0 aromatic heterocycles. The van der Waals surface area contributed by atoms with E-state index in [9.17, 15) is 18.0 Å². The summed E-state index contributed by atoms with van der Waals surface area (Å²) < 4.78 is 43.5. The molecule has 0 radical (unpaired) electrons. The van der Waals surface area contributed by atoms with Crippen molar-refractivity contribution in [2.75, 3.05) is 11.9 Å². The maximum Gasteiger partial charge on any atom is 0.416 e. The molecule has 1 N–H and O–H groups in total. The Balaban J connectivity index is 1.84. The second-order valence-corrected chi connectivity index (χ2v) is 5.41. The summed E-state index contributed by atoms with van der Waals surface area (Å²) in [5, 5.41) is 2.45. The minimum absolute atomic E-state index is 0.0527. The van der Waals surface area contributed by atoms with Gasteiger partial charge >= 0.3 is 6.18 Å². The Morgan fingerprint density at radius 3 is 2.50 bits per heavy atom. The van der Waals surface area contributed by atoms with Crippen LogP contribution in [-0.4, -0.2) is 12.5 Å². The summed E-state index contributed by atoms with van der Waals surface area (Å²) in [6.07, 6.45) is -3.95. The zero-order valence-corrected chi connectivity index (χ0v) is 13.3. The van der Waals surface area contributed by atoms with Crippen molar-refractivity contribution in [2.24, 2.45) is 0 Å². The highest BCUT2D eigenvalue weighted by Crippen LogP contribution is 2.33. The molecule has 0 saturated carbocycles. The fourth-order valence-corrected chi connectivity index (χ4v) is 2.11. The molecule has 2 rings (SSSR count). The van der Waals surface area contributed by atoms with Crippen molar-refractivity contribution in [1.82, 2.24) is 0 Å². The van der Waals surface area contributed by atoms with Gasteiger partial charge in [0.05, 0.1) is 22.9 Å². The quantitative estimate of drug-likeness (QED) is 0.725. The van der Waals surface area contributed by atoms with Crippen LogP contribution in [0.2, 0.25) is 5.02 Å². The van der Waals surface area contributed by atoms with Crippen LogP contribution >= 0.6 is 11.6 Å². The number of amides is 1. The van der Waals surface area contributed by atoms with Crippen LogP contribution < -0.4 is 10.1 Å². The van der Waals surface area contributed by atoms with E-state index in [1.165, 1.54) is 0 Å². The molecule has 0 aliphatic heterocycles. The van der Waals surface area contributed by atoms with E-state index >= 15 is 0 Å². The fourth-order valence-electron chi connectivity index (χ4n) is 1.95. The second kappa shape index (κ2) is 8.06. The molecule has 3 nitrogen and oxygen atoms in total. The van der Waals surface area contributed by atoms with Gasteiger partial charge in [0.2, 0.25) is 5.91 Å². The van der Waals surface area contributed by atoms with Crippen molar-refractivity contribution in [3.8, 4) is 5.75 Å². The maximum absolute atomic E-state index is 12.7. The number of halogens is 4. The normalized spacial score (nSPS) is 11.2. The Morgan fingerprint density at radius 1 is 1.12 bits per heavy atom. The van der Waals surface area contributed by atoms with Crippen molar-refractivity contribution >= 4 is 23.2 Å². The van der Waals surface area contributed by atoms with E-state index in [0.717, 1.165) is 18.2 Å². The van der Waals surface area contributed by atoms with Gasteiger partial charge in [-0.3, -0.25) is 4.79 Å². The third-order valence-electron chi connectivity index (χ3n) is 3.13. The Kier molecular flexibility index (Phi) is 6.09. The zero-order valence-electron chi connectivity index (χ0n) is 12.6. The zero-order chi connectivity index (χ0) is 17.6. The van der Waals surface area contributed by atoms with Crippen molar-refractivity contribution in [3.63, 3.8) is 0 Å². The van der Waals surface area contributed by atoms with Crippen LogP contribution in [0, 0.1) is 0 Å². The lowest BCUT2D eigenvalue weighted by Gasteiger charge is -2.12. The molecule has 24 heavy (non-hydrogen) atoms. The fraction of sp³-hybridized carbons (Fsp3) is 0.235. The van der Waals surface area contributed by atoms with E-state index < -0.39 is 17.6 Å². The number of alkyl halides is 3. The number of rotatable bonds is 6. The van der Waals surface area contributed by atoms with Crippen molar-refractivity contribution in [2.45, 2.75) is 19.0 Å². The first-order valence-corrected chi connectivity index (χ1v) is 7.58. The molecule has 0 aliphatic rings. The third-order valence-corrected chi connectivity index (χ3v) is 3.46. The molecule has 0 heterocycles. The van der Waals surface area contributed by atoms with E-state index in [2.05, 4.69) is 5.32 Å². The van der Waals surface area contributed by atoms with Gasteiger partial charge < -0.3 is 10.1 Å². The van der Waals surface area contributed by atoms with Crippen LogP contribution in [-0.2, 0) is 11.0 Å². The third kappa shape index (κ3) is 5.45. The Morgan fingerprint density at radius 2 is 1.83 bits per heavy atom. The number of benzene rings is 2. The molecule has 0 spiro atoms. The molecular weight excluding hydrogens is 343 g/mol. The summed E-state index contributed by atoms with van der Waals surface area (Å²) in [5.41, 5.74) is -0.921. The minimum Gasteiger partial charge on any atom is -0.494 e. The maximum atomic E-state index is 12.7. The summed E-state index contributed by atoms with van der Waals surface area (Å²) in [7, 11) is 0. The first kappa shape index (κ1) is 18.1. The molecule has 0 atom stereocenters. The Hall–Kier alpha value is -2.21. The Labute approximate surface area is 142 Å². The largest absolute Gasteiger partial charge is 0.494 e. The number of nitrogens with one attached hydrogen (secondary N) is 1. The lowest BCUT2D eigenvalue weighted by Crippen LogP contribution is -2.14. The van der Waals surface area contributed by atoms with E-state index in [1.807, 2.05) is 18.2 Å². The van der Waals surface area contributed by atoms with E-state index in [4.69, 9.17) is 16.3 Å². The number of anilines is 1. The van der Waals surface area contributed by atoms with Crippen LogP contribution in [0.15, 0.2) is 48.5 Å². The number of carbonyl (C=O) groups excluding carboxylic acids is 1. The smallest absolute Gasteiger partial charge is 0.416 e. The molecule has 7 heteroatoms. The van der Waals surface area contributed by atoms with Gasteiger partial charge in [-0.25, -0.2) is 0 Å². The van der Waals surface area contributed by atoms with E-state index in [-0.39, 0.29) is 17.1 Å². The minimum atomic E-state index is -4.49. The van der Waals surface area contributed by atoms with Crippen molar-refractivity contribution in [1.29, 1.82) is 0 Å². The summed E-state index contributed by atoms with van der Waals surface area (Å²) in [4.78, 5) is 11.8. The molecule has 0 saturated heterocycles. The summed E-state index contributed by atoms with van der Waals surface area (Å²) in [6.45, 7) is 0.327. The average molecular weight is 358 g/mol. The second-order valence-electron chi connectivity index (χ2n) is 5.01. The number of carbonyl (C=O) groups is 1. The molecule has 0 fully saturated rings. The number of para-hydroxylation sites is 1. The van der Waals surface area contributed by atoms with Crippen LogP contribution in [0.3, 0.4) is 0 Å². The molecule has 1 amide bonds. The summed E-state index contributed by atoms with van der Waals surface area (Å²) >= 11 is 5.82. The molecule has 2 aromatic rings. The first-order chi connectivity index (χ1) is 11.4. The monoisotopic (exact) mass is 357 g/mol. The van der Waals surface area contributed by atoms with Gasteiger partial charge in [-0.2, -0.15) is 13.2 Å². The van der Waals surface area contributed by atoms with Crippen LogP contribution in [0.1, 0.15) is 18.4 Å². The van der Waals surface area contributed by atoms with Gasteiger partial charge in [0.25, 0.3) is 0 Å².